The zero-order chi connectivity index (χ0) is 20.5. The van der Waals surface area contributed by atoms with E-state index in [-0.39, 0.29) is 25.5 Å². The van der Waals surface area contributed by atoms with E-state index in [0.717, 1.165) is 16.7 Å². The minimum Gasteiger partial charge on any atom is -0.456 e. The number of halogens is 1. The van der Waals surface area contributed by atoms with Gasteiger partial charge in [0.1, 0.15) is 0 Å². The Morgan fingerprint density at radius 1 is 1.11 bits per heavy atom. The molecular formula is C21H23ClN2O4. The van der Waals surface area contributed by atoms with Crippen LogP contribution in [0.1, 0.15) is 36.1 Å². The van der Waals surface area contributed by atoms with Crippen molar-refractivity contribution >= 4 is 29.4 Å². The molecule has 0 heterocycles. The van der Waals surface area contributed by atoms with Gasteiger partial charge in [-0.2, -0.15) is 0 Å². The highest BCUT2D eigenvalue weighted by molar-refractivity contribution is 6.30. The van der Waals surface area contributed by atoms with Crippen LogP contribution in [0.25, 0.3) is 0 Å². The summed E-state index contributed by atoms with van der Waals surface area (Å²) in [6.45, 7) is 3.23. The molecule has 1 atom stereocenters. The van der Waals surface area contributed by atoms with Crippen LogP contribution in [-0.4, -0.2) is 24.4 Å². The van der Waals surface area contributed by atoms with E-state index in [9.17, 15) is 14.4 Å². The highest BCUT2D eigenvalue weighted by Gasteiger charge is 2.18. The van der Waals surface area contributed by atoms with Gasteiger partial charge in [0.2, 0.25) is 5.91 Å². The van der Waals surface area contributed by atoms with Gasteiger partial charge in [-0.1, -0.05) is 53.6 Å². The Kier molecular flexibility index (Phi) is 8.02. The van der Waals surface area contributed by atoms with Gasteiger partial charge in [0.15, 0.2) is 6.61 Å². The standard InChI is InChI=1S/C21H23ClN2O4/c1-14-6-8-17(9-7-14)19(24-15(2)25)11-21(27)28-13-20(26)23-12-16-4-3-5-18(22)10-16/h3-10,19H,11-13H2,1-2H3,(H,23,26)(H,24,25). The summed E-state index contributed by atoms with van der Waals surface area (Å²) < 4.78 is 5.04. The second kappa shape index (κ2) is 10.5. The van der Waals surface area contributed by atoms with Crippen LogP contribution in [0.4, 0.5) is 0 Å². The van der Waals surface area contributed by atoms with Crippen LogP contribution in [0.2, 0.25) is 5.02 Å². The molecule has 0 aromatic heterocycles. The number of amides is 2. The van der Waals surface area contributed by atoms with Crippen LogP contribution in [0.5, 0.6) is 0 Å². The normalized spacial score (nSPS) is 11.4. The second-order valence-electron chi connectivity index (χ2n) is 6.44. The number of benzene rings is 2. The molecule has 2 aromatic rings. The first-order valence-electron chi connectivity index (χ1n) is 8.84. The molecule has 2 rings (SSSR count). The SMILES string of the molecule is CC(=O)NC(CC(=O)OCC(=O)NCc1cccc(Cl)c1)c1ccc(C)cc1. The Balaban J connectivity index is 1.83. The van der Waals surface area contributed by atoms with Crippen LogP contribution < -0.4 is 10.6 Å². The van der Waals surface area contributed by atoms with Crippen molar-refractivity contribution in [2.24, 2.45) is 0 Å². The van der Waals surface area contributed by atoms with Gasteiger partial charge in [-0.15, -0.1) is 0 Å². The Hall–Kier alpha value is -2.86. The monoisotopic (exact) mass is 402 g/mol. The van der Waals surface area contributed by atoms with Crippen LogP contribution in [0.15, 0.2) is 48.5 Å². The number of ether oxygens (including phenoxy) is 1. The fourth-order valence-electron chi connectivity index (χ4n) is 2.57. The van der Waals surface area contributed by atoms with E-state index in [2.05, 4.69) is 10.6 Å². The van der Waals surface area contributed by atoms with E-state index in [1.54, 1.807) is 18.2 Å². The number of esters is 1. The van der Waals surface area contributed by atoms with Gasteiger partial charge in [0.25, 0.3) is 5.91 Å². The van der Waals surface area contributed by atoms with Crippen molar-refractivity contribution in [3.8, 4) is 0 Å². The van der Waals surface area contributed by atoms with Crippen LogP contribution in [-0.2, 0) is 25.7 Å². The lowest BCUT2D eigenvalue weighted by Crippen LogP contribution is -2.31. The van der Waals surface area contributed by atoms with Crippen molar-refractivity contribution in [3.05, 3.63) is 70.2 Å². The molecule has 0 saturated heterocycles. The van der Waals surface area contributed by atoms with Gasteiger partial charge in [0, 0.05) is 18.5 Å². The predicted molar refractivity (Wildman–Crippen MR) is 107 cm³/mol. The first-order chi connectivity index (χ1) is 13.3. The van der Waals surface area contributed by atoms with Gasteiger partial charge in [-0.3, -0.25) is 14.4 Å². The Morgan fingerprint density at radius 2 is 1.82 bits per heavy atom. The summed E-state index contributed by atoms with van der Waals surface area (Å²) in [6, 6.07) is 14.1. The molecular weight excluding hydrogens is 380 g/mol. The molecule has 2 aromatic carbocycles. The van der Waals surface area contributed by atoms with Crippen molar-refractivity contribution < 1.29 is 19.1 Å². The Labute approximate surface area is 169 Å². The van der Waals surface area contributed by atoms with E-state index in [1.165, 1.54) is 6.92 Å². The van der Waals surface area contributed by atoms with Crippen LogP contribution in [0.3, 0.4) is 0 Å². The van der Waals surface area contributed by atoms with E-state index < -0.39 is 17.9 Å². The summed E-state index contributed by atoms with van der Waals surface area (Å²) >= 11 is 5.89. The average molecular weight is 403 g/mol. The molecule has 148 valence electrons. The lowest BCUT2D eigenvalue weighted by Gasteiger charge is -2.18. The summed E-state index contributed by atoms with van der Waals surface area (Å²) in [5.41, 5.74) is 2.71. The number of hydrogen-bond acceptors (Lipinski definition) is 4. The summed E-state index contributed by atoms with van der Waals surface area (Å²) in [5.74, 6) is -1.24. The molecule has 2 amide bonds. The fraction of sp³-hybridized carbons (Fsp3) is 0.286. The number of carbonyl (C=O) groups is 3. The molecule has 0 aliphatic rings. The van der Waals surface area contributed by atoms with Crippen molar-refractivity contribution in [1.82, 2.24) is 10.6 Å². The maximum Gasteiger partial charge on any atom is 0.308 e. The number of aryl methyl sites for hydroxylation is 1. The number of carbonyl (C=O) groups excluding carboxylic acids is 3. The zero-order valence-electron chi connectivity index (χ0n) is 15.8. The largest absolute Gasteiger partial charge is 0.456 e. The first kappa shape index (κ1) is 21.4. The average Bonchev–Trinajstić information content (AvgIpc) is 2.64. The smallest absolute Gasteiger partial charge is 0.308 e. The third-order valence-electron chi connectivity index (χ3n) is 3.97. The number of rotatable bonds is 8. The Bertz CT molecular complexity index is 837. The van der Waals surface area contributed by atoms with Gasteiger partial charge in [-0.25, -0.2) is 0 Å². The molecule has 0 radical (unpaired) electrons. The summed E-state index contributed by atoms with van der Waals surface area (Å²) in [4.78, 5) is 35.5. The maximum absolute atomic E-state index is 12.1. The molecule has 0 fully saturated rings. The van der Waals surface area contributed by atoms with Gasteiger partial charge in [0.05, 0.1) is 12.5 Å². The lowest BCUT2D eigenvalue weighted by atomic mass is 10.0. The van der Waals surface area contributed by atoms with Gasteiger partial charge < -0.3 is 15.4 Å². The molecule has 0 aliphatic heterocycles. The third-order valence-corrected chi connectivity index (χ3v) is 4.21. The summed E-state index contributed by atoms with van der Waals surface area (Å²) in [7, 11) is 0. The minimum atomic E-state index is -0.572. The van der Waals surface area contributed by atoms with Crippen LogP contribution >= 0.6 is 11.6 Å². The van der Waals surface area contributed by atoms with Crippen molar-refractivity contribution in [1.29, 1.82) is 0 Å². The van der Waals surface area contributed by atoms with Crippen molar-refractivity contribution in [3.63, 3.8) is 0 Å². The third kappa shape index (κ3) is 7.40. The molecule has 0 bridgehead atoms. The van der Waals surface area contributed by atoms with E-state index in [4.69, 9.17) is 16.3 Å². The lowest BCUT2D eigenvalue weighted by molar-refractivity contribution is -0.149. The van der Waals surface area contributed by atoms with E-state index in [1.807, 2.05) is 37.3 Å². The molecule has 28 heavy (non-hydrogen) atoms. The summed E-state index contributed by atoms with van der Waals surface area (Å²) in [6.07, 6.45) is -0.0653. The number of hydrogen-bond donors (Lipinski definition) is 2. The van der Waals surface area contributed by atoms with Gasteiger partial charge in [-0.05, 0) is 30.2 Å². The predicted octanol–water partition coefficient (Wildman–Crippen LogP) is 3.08. The molecule has 6 nitrogen and oxygen atoms in total. The molecule has 7 heteroatoms. The molecule has 2 N–H and O–H groups in total. The van der Waals surface area contributed by atoms with Crippen molar-refractivity contribution in [2.45, 2.75) is 32.9 Å². The zero-order valence-corrected chi connectivity index (χ0v) is 16.6. The molecule has 0 spiro atoms. The minimum absolute atomic E-state index is 0.0653. The fourth-order valence-corrected chi connectivity index (χ4v) is 2.78. The highest BCUT2D eigenvalue weighted by Crippen LogP contribution is 2.18. The first-order valence-corrected chi connectivity index (χ1v) is 9.21. The molecule has 1 unspecified atom stereocenters. The summed E-state index contributed by atoms with van der Waals surface area (Å²) in [5, 5.41) is 5.98. The van der Waals surface area contributed by atoms with Crippen molar-refractivity contribution in [2.75, 3.05) is 6.61 Å². The van der Waals surface area contributed by atoms with Gasteiger partial charge >= 0.3 is 5.97 Å². The second-order valence-corrected chi connectivity index (χ2v) is 6.87. The topological polar surface area (TPSA) is 84.5 Å². The van der Waals surface area contributed by atoms with E-state index >= 15 is 0 Å². The number of nitrogens with one attached hydrogen (secondary N) is 2. The maximum atomic E-state index is 12.1. The van der Waals surface area contributed by atoms with Crippen LogP contribution in [0, 0.1) is 6.92 Å². The molecule has 0 aliphatic carbocycles. The molecule has 0 saturated carbocycles. The highest BCUT2D eigenvalue weighted by atomic mass is 35.5. The Morgan fingerprint density at radius 3 is 2.46 bits per heavy atom. The van der Waals surface area contributed by atoms with E-state index in [0.29, 0.717) is 5.02 Å². The quantitative estimate of drug-likeness (QED) is 0.664.